The number of hydrogen-bond acceptors (Lipinski definition) is 12. The van der Waals surface area contributed by atoms with Crippen LogP contribution < -0.4 is 16.0 Å². The van der Waals surface area contributed by atoms with Crippen LogP contribution in [0.1, 0.15) is 86.0 Å². The number of aliphatic hydroxyl groups is 3. The van der Waals surface area contributed by atoms with E-state index in [1.807, 2.05) is 20.8 Å². The molecule has 0 unspecified atom stereocenters. The van der Waals surface area contributed by atoms with Crippen molar-refractivity contribution in [1.82, 2.24) is 58.7 Å². The maximum atomic E-state index is 14.3. The molecule has 6 N–H and O–H groups in total. The van der Waals surface area contributed by atoms with Crippen LogP contribution in [0.4, 0.5) is 57.8 Å². The zero-order chi connectivity index (χ0) is 67.3. The van der Waals surface area contributed by atoms with E-state index < -0.39 is 53.0 Å². The summed E-state index contributed by atoms with van der Waals surface area (Å²) in [6, 6.07) is 3.88. The summed E-state index contributed by atoms with van der Waals surface area (Å²) >= 11 is 8.65. The molecule has 12 rings (SSSR count). The Bertz CT molecular complexity index is 3650. The maximum absolute atomic E-state index is 14.3. The highest BCUT2D eigenvalue weighted by molar-refractivity contribution is 9.11. The average Bonchev–Trinajstić information content (AvgIpc) is 1.64. The molecule has 0 radical (unpaired) electrons. The van der Waals surface area contributed by atoms with Gasteiger partial charge in [-0.3, -0.25) is 28.4 Å². The van der Waals surface area contributed by atoms with Crippen molar-refractivity contribution >= 4 is 101 Å². The average molecular weight is 1490 g/mol. The summed E-state index contributed by atoms with van der Waals surface area (Å²) in [4.78, 5) is 86.8. The Morgan fingerprint density at radius 2 is 0.785 bits per heavy atom. The first-order chi connectivity index (χ1) is 44.1. The lowest BCUT2D eigenvalue weighted by atomic mass is 9.99. The Labute approximate surface area is 554 Å². The summed E-state index contributed by atoms with van der Waals surface area (Å²) < 4.78 is 87.4. The van der Waals surface area contributed by atoms with E-state index in [0.29, 0.717) is 98.4 Å². The first-order valence-electron chi connectivity index (χ1n) is 29.6. The highest BCUT2D eigenvalue weighted by Gasteiger charge is 2.41. The van der Waals surface area contributed by atoms with E-state index in [9.17, 15) is 70.4 Å². The number of rotatable bonds is 6. The second kappa shape index (κ2) is 27.8. The predicted molar refractivity (Wildman–Crippen MR) is 335 cm³/mol. The third kappa shape index (κ3) is 13.7. The van der Waals surface area contributed by atoms with Gasteiger partial charge in [-0.15, -0.1) is 0 Å². The number of benzene rings is 3. The summed E-state index contributed by atoms with van der Waals surface area (Å²) in [6.07, 6.45) is 1.29. The minimum absolute atomic E-state index is 0.0344. The molecule has 0 saturated carbocycles. The molecule has 33 heteroatoms. The number of fused-ring (bicyclic) bond motifs is 9. The van der Waals surface area contributed by atoms with E-state index in [0.717, 1.165) is 41.3 Å². The molecule has 9 amide bonds. The number of amides is 9. The zero-order valence-corrected chi connectivity index (χ0v) is 55.9. The molecule has 3 aromatic heterocycles. The predicted octanol–water partition coefficient (Wildman–Crippen LogP) is 7.79. The van der Waals surface area contributed by atoms with Crippen LogP contribution in [-0.4, -0.2) is 189 Å². The Balaban J connectivity index is 0.000000153. The van der Waals surface area contributed by atoms with Crippen LogP contribution in [0, 0.1) is 52.7 Å². The van der Waals surface area contributed by atoms with E-state index in [1.54, 1.807) is 49.9 Å². The topological polar surface area (TPSA) is 272 Å². The van der Waals surface area contributed by atoms with Gasteiger partial charge in [0, 0.05) is 158 Å². The number of aliphatic hydroxyl groups excluding tert-OH is 3. The first-order valence-corrected chi connectivity index (χ1v) is 32.0. The Hall–Kier alpha value is -7.59. The maximum Gasteiger partial charge on any atom is 0.322 e. The largest absolute Gasteiger partial charge is 0.396 e. The summed E-state index contributed by atoms with van der Waals surface area (Å²) in [7, 11) is 5.02. The molecule has 3 aromatic carbocycles. The van der Waals surface area contributed by atoms with Crippen molar-refractivity contribution in [3.05, 3.63) is 136 Å². The lowest BCUT2D eigenvalue weighted by molar-refractivity contribution is 0.0754. The second-order valence-corrected chi connectivity index (χ2v) is 26.5. The number of carbonyl (C=O) groups excluding carboxylic acids is 6. The monoisotopic (exact) mass is 1490 g/mol. The number of aromatic nitrogens is 6. The SMILES string of the molecule is C[C@@H]1Cc2nn3c(c2CN1C(=O)Nc1cc(Br)c(F)cc1F)C(=O)N(C)C[C@H](CO)C3.C[C@@H]1Cc2nn3c(c2CN1C(=O)Nc1ccc(F)c(Br)c1F)C(=O)N(C)C[C@@H](CO)C3.C[C@@H]1Cc2nn3c(c2CN1C(=O)Nc1ccc(F)c(Br)c1F)C(=O)N(C)C[C@H](CO)C3. The van der Waals surface area contributed by atoms with Crippen LogP contribution >= 0.6 is 47.8 Å². The van der Waals surface area contributed by atoms with E-state index in [4.69, 9.17) is 0 Å². The Kier molecular flexibility index (Phi) is 20.4. The van der Waals surface area contributed by atoms with Crippen molar-refractivity contribution in [2.45, 2.75) is 97.4 Å². The van der Waals surface area contributed by atoms with E-state index in [-0.39, 0.29) is 124 Å². The smallest absolute Gasteiger partial charge is 0.322 e. The van der Waals surface area contributed by atoms with Crippen molar-refractivity contribution < 1.29 is 70.4 Å². The molecule has 0 fully saturated rings. The highest BCUT2D eigenvalue weighted by Crippen LogP contribution is 2.35. The fraction of sp³-hybridized carbons (Fsp3) is 0.450. The molecular weight excluding hydrogens is 1430 g/mol. The van der Waals surface area contributed by atoms with Crippen LogP contribution in [0.25, 0.3) is 0 Å². The molecular formula is C60H66Br3F6N15O9. The first kappa shape index (κ1) is 68.3. The van der Waals surface area contributed by atoms with Crippen molar-refractivity contribution in [1.29, 1.82) is 0 Å². The highest BCUT2D eigenvalue weighted by atomic mass is 79.9. The Morgan fingerprint density at radius 3 is 1.10 bits per heavy atom. The summed E-state index contributed by atoms with van der Waals surface area (Å²) in [6.45, 7) is 8.17. The van der Waals surface area contributed by atoms with Crippen molar-refractivity contribution in [2.75, 3.05) is 76.5 Å². The van der Waals surface area contributed by atoms with Crippen molar-refractivity contribution in [3.8, 4) is 0 Å². The van der Waals surface area contributed by atoms with Gasteiger partial charge in [0.2, 0.25) is 0 Å². The molecule has 6 aromatic rings. The molecule has 6 aliphatic rings. The molecule has 0 aliphatic carbocycles. The van der Waals surface area contributed by atoms with E-state index >= 15 is 0 Å². The van der Waals surface area contributed by atoms with Gasteiger partial charge >= 0.3 is 18.1 Å². The summed E-state index contributed by atoms with van der Waals surface area (Å²) in [5, 5.41) is 50.1. The fourth-order valence-corrected chi connectivity index (χ4v) is 13.4. The van der Waals surface area contributed by atoms with Gasteiger partial charge in [-0.2, -0.15) is 15.3 Å². The minimum atomic E-state index is -0.898. The van der Waals surface area contributed by atoms with Gasteiger partial charge in [-0.1, -0.05) is 0 Å². The van der Waals surface area contributed by atoms with Crippen LogP contribution in [0.15, 0.2) is 49.8 Å². The number of nitrogens with one attached hydrogen (secondary N) is 3. The van der Waals surface area contributed by atoms with Crippen LogP contribution in [0.5, 0.6) is 0 Å². The third-order valence-electron chi connectivity index (χ3n) is 17.3. The summed E-state index contributed by atoms with van der Waals surface area (Å²) in [5.74, 6) is -6.02. The van der Waals surface area contributed by atoms with Crippen molar-refractivity contribution in [2.24, 2.45) is 17.8 Å². The number of halogens is 9. The van der Waals surface area contributed by atoms with Crippen LogP contribution in [0.2, 0.25) is 0 Å². The number of anilines is 3. The molecule has 498 valence electrons. The zero-order valence-electron chi connectivity index (χ0n) is 51.1. The van der Waals surface area contributed by atoms with Crippen molar-refractivity contribution in [3.63, 3.8) is 0 Å². The molecule has 6 aliphatic heterocycles. The second-order valence-electron chi connectivity index (χ2n) is 24.1. The minimum Gasteiger partial charge on any atom is -0.396 e. The number of hydrogen-bond donors (Lipinski definition) is 6. The molecule has 0 bridgehead atoms. The van der Waals surface area contributed by atoms with Gasteiger partial charge < -0.3 is 60.7 Å². The molecule has 0 saturated heterocycles. The number of urea groups is 3. The molecule has 6 atom stereocenters. The lowest BCUT2D eigenvalue weighted by Crippen LogP contribution is -2.45. The molecule has 93 heavy (non-hydrogen) atoms. The van der Waals surface area contributed by atoms with E-state index in [1.165, 1.54) is 20.8 Å². The number of nitrogens with zero attached hydrogens (tertiary/aromatic N) is 12. The van der Waals surface area contributed by atoms with Gasteiger partial charge in [0.25, 0.3) is 17.7 Å². The number of carbonyl (C=O) groups is 6. The van der Waals surface area contributed by atoms with Gasteiger partial charge in [-0.05, 0) is 98.9 Å². The Morgan fingerprint density at radius 1 is 0.473 bits per heavy atom. The van der Waals surface area contributed by atoms with Crippen LogP contribution in [0.3, 0.4) is 0 Å². The molecule has 0 spiro atoms. The van der Waals surface area contributed by atoms with Gasteiger partial charge in [0.05, 0.1) is 67.2 Å². The standard InChI is InChI=1S/3C20H22BrF2N5O3/c1-10-3-16-12(18-19(30)26(2)6-11(9-29)7-28(18)25-16)8-27(10)20(31)24-17-4-13(21)14(22)5-15(17)23;2*1-10-5-15-12(18-19(30)26(2)6-11(9-29)7-28(18)25-15)8-27(10)20(31)24-14-4-3-13(22)16(21)17(14)23/h4-5,10-11,29H,3,6-9H2,1-2H3,(H,24,31);2*3-4,10-11,29H,5-9H2,1-2H3,(H,24,31)/t2*10-,11+;10-,11-/m111/s1. The fourth-order valence-electron chi connectivity index (χ4n) is 12.3. The van der Waals surface area contributed by atoms with Gasteiger partial charge in [-0.25, -0.2) is 40.7 Å². The van der Waals surface area contributed by atoms with Gasteiger partial charge in [0.15, 0.2) is 11.6 Å². The van der Waals surface area contributed by atoms with Crippen LogP contribution in [-0.2, 0) is 58.5 Å². The quantitative estimate of drug-likeness (QED) is 0.0530. The third-order valence-corrected chi connectivity index (χ3v) is 19.4. The lowest BCUT2D eigenvalue weighted by Gasteiger charge is -2.33. The van der Waals surface area contributed by atoms with E-state index in [2.05, 4.69) is 79.0 Å². The molecule has 9 heterocycles. The normalized spacial score (nSPS) is 20.9. The van der Waals surface area contributed by atoms with Gasteiger partial charge in [0.1, 0.15) is 40.4 Å². The molecule has 24 nitrogen and oxygen atoms in total. The summed E-state index contributed by atoms with van der Waals surface area (Å²) in [5.41, 5.74) is 4.98.